The molecule has 1 aliphatic rings. The van der Waals surface area contributed by atoms with E-state index in [9.17, 15) is 10.4 Å². The van der Waals surface area contributed by atoms with E-state index in [4.69, 9.17) is 9.47 Å². The minimum Gasteiger partial charge on any atom is -0.493 e. The normalized spacial score (nSPS) is 22.5. The van der Waals surface area contributed by atoms with Crippen molar-refractivity contribution in [1.82, 2.24) is 10.1 Å². The van der Waals surface area contributed by atoms with Crippen molar-refractivity contribution < 1.29 is 19.9 Å². The van der Waals surface area contributed by atoms with Gasteiger partial charge in [0.15, 0.2) is 11.5 Å². The maximum absolute atomic E-state index is 10.5. The van der Waals surface area contributed by atoms with Crippen LogP contribution in [0.5, 0.6) is 11.5 Å². The van der Waals surface area contributed by atoms with Gasteiger partial charge in [-0.2, -0.15) is 10.1 Å². The molecule has 1 fully saturated rings. The monoisotopic (exact) mass is 296 g/mol. The lowest BCUT2D eigenvalue weighted by atomic mass is 9.84. The first-order chi connectivity index (χ1) is 9.68. The van der Waals surface area contributed by atoms with E-state index in [1.807, 2.05) is 27.7 Å². The molecule has 1 aromatic rings. The lowest BCUT2D eigenvalue weighted by Crippen LogP contribution is -2.52. The van der Waals surface area contributed by atoms with Crippen LogP contribution in [0, 0.1) is 0 Å². The van der Waals surface area contributed by atoms with Gasteiger partial charge in [-0.3, -0.25) is 0 Å². The molecule has 21 heavy (non-hydrogen) atoms. The molecule has 6 heteroatoms. The lowest BCUT2D eigenvalue weighted by Gasteiger charge is -2.37. The Morgan fingerprint density at radius 3 is 1.81 bits per heavy atom. The first kappa shape index (κ1) is 16.0. The van der Waals surface area contributed by atoms with Crippen LogP contribution in [0.1, 0.15) is 39.4 Å². The number of methoxy groups -OCH3 is 2. The second-order valence-electron chi connectivity index (χ2n) is 6.30. The molecule has 0 amide bonds. The van der Waals surface area contributed by atoms with E-state index in [1.165, 1.54) is 10.1 Å². The summed E-state index contributed by atoms with van der Waals surface area (Å²) in [7, 11) is 3.12. The number of hydrogen-bond donors (Lipinski definition) is 2. The summed E-state index contributed by atoms with van der Waals surface area (Å²) in [6, 6.07) is 5.32. The van der Waals surface area contributed by atoms with Gasteiger partial charge in [0.05, 0.1) is 25.3 Å². The second-order valence-corrected chi connectivity index (χ2v) is 6.30. The van der Waals surface area contributed by atoms with Gasteiger partial charge < -0.3 is 19.9 Å². The molecule has 0 atom stereocenters. The Kier molecular flexibility index (Phi) is 3.92. The Balaban J connectivity index is 2.47. The molecule has 0 aliphatic carbocycles. The Labute approximate surface area is 125 Å². The summed E-state index contributed by atoms with van der Waals surface area (Å²) in [5.41, 5.74) is -0.532. The zero-order chi connectivity index (χ0) is 16.0. The molecule has 0 unspecified atom stereocenters. The van der Waals surface area contributed by atoms with Crippen molar-refractivity contribution in [3.63, 3.8) is 0 Å². The van der Waals surface area contributed by atoms with Crippen molar-refractivity contribution in [2.45, 2.75) is 44.9 Å². The predicted octanol–water partition coefficient (Wildman–Crippen LogP) is 2.66. The van der Waals surface area contributed by atoms with Gasteiger partial charge in [-0.1, -0.05) is 6.07 Å². The Bertz CT molecular complexity index is 510. The van der Waals surface area contributed by atoms with Crippen LogP contribution >= 0.6 is 0 Å². The van der Waals surface area contributed by atoms with Gasteiger partial charge in [0.25, 0.3) is 0 Å². The first-order valence-corrected chi connectivity index (χ1v) is 6.87. The summed E-state index contributed by atoms with van der Waals surface area (Å²) in [6.07, 6.45) is -0.671. The third-order valence-corrected chi connectivity index (χ3v) is 4.81. The van der Waals surface area contributed by atoms with Crippen LogP contribution in [-0.4, -0.2) is 45.8 Å². The zero-order valence-electron chi connectivity index (χ0n) is 13.4. The quantitative estimate of drug-likeness (QED) is 0.894. The smallest absolute Gasteiger partial charge is 0.161 e. The Hall–Kier alpha value is -1.34. The van der Waals surface area contributed by atoms with Gasteiger partial charge in [-0.25, -0.2) is 0 Å². The van der Waals surface area contributed by atoms with E-state index < -0.39 is 17.2 Å². The number of hydrogen-bond acceptors (Lipinski definition) is 6. The van der Waals surface area contributed by atoms with Crippen molar-refractivity contribution in [3.05, 3.63) is 23.8 Å². The topological polar surface area (TPSA) is 65.4 Å². The second kappa shape index (κ2) is 5.14. The van der Waals surface area contributed by atoms with Gasteiger partial charge in [0, 0.05) is 0 Å². The highest BCUT2D eigenvalue weighted by molar-refractivity contribution is 5.44. The summed E-state index contributed by atoms with van der Waals surface area (Å²) in [6.45, 7) is 7.54. The van der Waals surface area contributed by atoms with Gasteiger partial charge in [0.2, 0.25) is 0 Å². The van der Waals surface area contributed by atoms with Crippen LogP contribution in [0.2, 0.25) is 0 Å². The van der Waals surface area contributed by atoms with E-state index in [2.05, 4.69) is 0 Å². The highest BCUT2D eigenvalue weighted by atomic mass is 16.6. The van der Waals surface area contributed by atoms with Crippen LogP contribution in [0.3, 0.4) is 0 Å². The summed E-state index contributed by atoms with van der Waals surface area (Å²) >= 11 is 0. The minimum absolute atomic E-state index is 0.555. The number of benzene rings is 1. The maximum atomic E-state index is 10.5. The van der Waals surface area contributed by atoms with Crippen molar-refractivity contribution >= 4 is 0 Å². The third-order valence-electron chi connectivity index (χ3n) is 4.81. The molecule has 0 aromatic heterocycles. The van der Waals surface area contributed by atoms with E-state index in [1.54, 1.807) is 32.4 Å². The molecule has 6 nitrogen and oxygen atoms in total. The third kappa shape index (κ3) is 2.19. The zero-order valence-corrected chi connectivity index (χ0v) is 13.4. The van der Waals surface area contributed by atoms with Crippen LogP contribution in [0.15, 0.2) is 18.2 Å². The number of ether oxygens (including phenoxy) is 2. The van der Waals surface area contributed by atoms with E-state index in [0.29, 0.717) is 11.5 Å². The SMILES string of the molecule is COc1ccc(C2N(O)C(C)(C)C(C)(C)N2O)cc1OC. The molecule has 1 aliphatic heterocycles. The van der Waals surface area contributed by atoms with Crippen molar-refractivity contribution in [2.24, 2.45) is 0 Å². The molecule has 0 bridgehead atoms. The molecular weight excluding hydrogens is 272 g/mol. The largest absolute Gasteiger partial charge is 0.493 e. The van der Waals surface area contributed by atoms with Crippen LogP contribution in [-0.2, 0) is 0 Å². The van der Waals surface area contributed by atoms with Crippen LogP contribution in [0.4, 0.5) is 0 Å². The van der Waals surface area contributed by atoms with E-state index >= 15 is 0 Å². The molecule has 1 heterocycles. The molecule has 0 saturated carbocycles. The highest BCUT2D eigenvalue weighted by Gasteiger charge is 2.58. The summed E-state index contributed by atoms with van der Waals surface area (Å²) in [4.78, 5) is 0. The predicted molar refractivity (Wildman–Crippen MR) is 77.7 cm³/mol. The fourth-order valence-electron chi connectivity index (χ4n) is 2.57. The Morgan fingerprint density at radius 2 is 1.38 bits per heavy atom. The Morgan fingerprint density at radius 1 is 0.905 bits per heavy atom. The van der Waals surface area contributed by atoms with Crippen molar-refractivity contribution in [1.29, 1.82) is 0 Å². The average Bonchev–Trinajstić information content (AvgIpc) is 2.57. The summed E-state index contributed by atoms with van der Waals surface area (Å²) in [5.74, 6) is 1.16. The number of nitrogens with zero attached hydrogens (tertiary/aromatic N) is 2. The minimum atomic E-state index is -0.671. The van der Waals surface area contributed by atoms with Crippen molar-refractivity contribution in [3.8, 4) is 11.5 Å². The fourth-order valence-corrected chi connectivity index (χ4v) is 2.57. The highest BCUT2D eigenvalue weighted by Crippen LogP contribution is 2.48. The molecule has 0 radical (unpaired) electrons. The molecule has 2 N–H and O–H groups in total. The van der Waals surface area contributed by atoms with Crippen LogP contribution < -0.4 is 9.47 Å². The first-order valence-electron chi connectivity index (χ1n) is 6.87. The maximum Gasteiger partial charge on any atom is 0.161 e. The molecular formula is C15H24N2O4. The van der Waals surface area contributed by atoms with E-state index in [0.717, 1.165) is 5.56 Å². The van der Waals surface area contributed by atoms with Gasteiger partial charge >= 0.3 is 0 Å². The summed E-state index contributed by atoms with van der Waals surface area (Å²) < 4.78 is 10.5. The molecule has 1 saturated heterocycles. The van der Waals surface area contributed by atoms with Crippen LogP contribution in [0.25, 0.3) is 0 Å². The fraction of sp³-hybridized carbons (Fsp3) is 0.600. The van der Waals surface area contributed by atoms with Gasteiger partial charge in [0.1, 0.15) is 6.17 Å². The van der Waals surface area contributed by atoms with Gasteiger partial charge in [-0.05, 0) is 45.4 Å². The molecule has 0 spiro atoms. The number of hydroxylamine groups is 4. The molecule has 118 valence electrons. The average molecular weight is 296 g/mol. The molecule has 2 rings (SSSR count). The standard InChI is InChI=1S/C15H24N2O4/c1-14(2)15(3,4)17(19)13(16(14)18)10-7-8-11(20-5)12(9-10)21-6/h7-9,13,18-19H,1-6H3. The molecule has 1 aromatic carbocycles. The van der Waals surface area contributed by atoms with Crippen molar-refractivity contribution in [2.75, 3.05) is 14.2 Å². The van der Waals surface area contributed by atoms with E-state index in [-0.39, 0.29) is 0 Å². The lowest BCUT2D eigenvalue weighted by molar-refractivity contribution is -0.223. The number of rotatable bonds is 3. The van der Waals surface area contributed by atoms with Gasteiger partial charge in [-0.15, -0.1) is 0 Å². The summed E-state index contributed by atoms with van der Waals surface area (Å²) in [5, 5.41) is 23.4.